The zero-order valence-corrected chi connectivity index (χ0v) is 17.0. The standard InChI is InChI=1S/C21H22N6OS/c1-15-19(29-21(22-15)27-8-4-5-9-27)20(28)26-12-10-25(11-13-26)14-18-23-16-6-2-3-7-17(16)24-18/h2-9H,10-14H2,1H3,(H,23,24). The lowest BCUT2D eigenvalue weighted by Crippen LogP contribution is -2.48. The number of imidazole rings is 1. The maximum atomic E-state index is 13.0. The summed E-state index contributed by atoms with van der Waals surface area (Å²) < 4.78 is 1.94. The normalized spacial score (nSPS) is 15.3. The molecule has 1 aliphatic heterocycles. The van der Waals surface area contributed by atoms with Crippen molar-refractivity contribution in [1.82, 2.24) is 29.3 Å². The Labute approximate surface area is 172 Å². The first-order valence-corrected chi connectivity index (χ1v) is 10.5. The van der Waals surface area contributed by atoms with Gasteiger partial charge in [-0.05, 0) is 31.2 Å². The third kappa shape index (κ3) is 3.56. The molecule has 0 spiro atoms. The number of benzene rings is 1. The Balaban J connectivity index is 1.23. The van der Waals surface area contributed by atoms with E-state index in [4.69, 9.17) is 0 Å². The number of nitrogens with one attached hydrogen (secondary N) is 1. The largest absolute Gasteiger partial charge is 0.341 e. The highest BCUT2D eigenvalue weighted by atomic mass is 32.1. The first-order valence-electron chi connectivity index (χ1n) is 9.73. The highest BCUT2D eigenvalue weighted by Gasteiger charge is 2.26. The third-order valence-corrected chi connectivity index (χ3v) is 6.44. The lowest BCUT2D eigenvalue weighted by Gasteiger charge is -2.34. The van der Waals surface area contributed by atoms with Gasteiger partial charge in [-0.25, -0.2) is 9.97 Å². The van der Waals surface area contributed by atoms with Crippen molar-refractivity contribution in [2.75, 3.05) is 26.2 Å². The highest BCUT2D eigenvalue weighted by Crippen LogP contribution is 2.24. The molecule has 0 unspecified atom stereocenters. The number of carbonyl (C=O) groups excluding carboxylic acids is 1. The quantitative estimate of drug-likeness (QED) is 0.565. The Kier molecular flexibility index (Phi) is 4.65. The Morgan fingerprint density at radius 3 is 2.59 bits per heavy atom. The second-order valence-corrected chi connectivity index (χ2v) is 8.25. The molecule has 1 aliphatic rings. The second-order valence-electron chi connectivity index (χ2n) is 7.27. The van der Waals surface area contributed by atoms with E-state index in [1.807, 2.05) is 65.2 Å². The molecule has 5 rings (SSSR count). The summed E-state index contributed by atoms with van der Waals surface area (Å²) in [5, 5.41) is 0.833. The smallest absolute Gasteiger partial charge is 0.266 e. The fraction of sp³-hybridized carbons (Fsp3) is 0.286. The molecule has 4 heterocycles. The molecule has 1 aromatic carbocycles. The number of aromatic amines is 1. The van der Waals surface area contributed by atoms with E-state index in [2.05, 4.69) is 19.9 Å². The average molecular weight is 407 g/mol. The van der Waals surface area contributed by atoms with Crippen LogP contribution in [0, 0.1) is 6.92 Å². The topological polar surface area (TPSA) is 70.1 Å². The Morgan fingerprint density at radius 2 is 1.83 bits per heavy atom. The van der Waals surface area contributed by atoms with Gasteiger partial charge in [0.2, 0.25) is 0 Å². The molecule has 29 heavy (non-hydrogen) atoms. The lowest BCUT2D eigenvalue weighted by atomic mass is 10.2. The van der Waals surface area contributed by atoms with Crippen LogP contribution < -0.4 is 0 Å². The minimum absolute atomic E-state index is 0.0850. The summed E-state index contributed by atoms with van der Waals surface area (Å²) in [5.74, 6) is 1.06. The summed E-state index contributed by atoms with van der Waals surface area (Å²) in [5.41, 5.74) is 2.86. The molecule has 8 heteroatoms. The molecule has 148 valence electrons. The van der Waals surface area contributed by atoms with E-state index < -0.39 is 0 Å². The van der Waals surface area contributed by atoms with E-state index in [0.29, 0.717) is 0 Å². The van der Waals surface area contributed by atoms with Gasteiger partial charge in [0.15, 0.2) is 5.13 Å². The molecule has 4 aromatic rings. The summed E-state index contributed by atoms with van der Waals surface area (Å²) in [6.45, 7) is 5.79. The van der Waals surface area contributed by atoms with Crippen molar-refractivity contribution in [2.45, 2.75) is 13.5 Å². The number of hydrogen-bond acceptors (Lipinski definition) is 5. The summed E-state index contributed by atoms with van der Waals surface area (Å²) in [6.07, 6.45) is 3.90. The van der Waals surface area contributed by atoms with Gasteiger partial charge in [-0.3, -0.25) is 9.69 Å². The predicted molar refractivity (Wildman–Crippen MR) is 113 cm³/mol. The first kappa shape index (κ1) is 18.1. The van der Waals surface area contributed by atoms with E-state index >= 15 is 0 Å². The van der Waals surface area contributed by atoms with Crippen LogP contribution >= 0.6 is 11.3 Å². The van der Waals surface area contributed by atoms with Gasteiger partial charge in [-0.1, -0.05) is 23.5 Å². The monoisotopic (exact) mass is 406 g/mol. The summed E-state index contributed by atoms with van der Waals surface area (Å²) in [4.78, 5) is 30.7. The molecule has 1 saturated heterocycles. The van der Waals surface area contributed by atoms with Crippen LogP contribution in [-0.4, -0.2) is 61.4 Å². The highest BCUT2D eigenvalue weighted by molar-refractivity contribution is 7.16. The Hall–Kier alpha value is -2.97. The molecular formula is C21H22N6OS. The number of hydrogen-bond donors (Lipinski definition) is 1. The Bertz CT molecular complexity index is 1100. The van der Waals surface area contributed by atoms with Gasteiger partial charge >= 0.3 is 0 Å². The van der Waals surface area contributed by atoms with Crippen molar-refractivity contribution in [1.29, 1.82) is 0 Å². The first-order chi connectivity index (χ1) is 14.2. The molecular weight excluding hydrogens is 384 g/mol. The van der Waals surface area contributed by atoms with Gasteiger partial charge in [0.25, 0.3) is 5.91 Å². The molecule has 1 amide bonds. The van der Waals surface area contributed by atoms with Crippen LogP contribution in [0.4, 0.5) is 0 Å². The van der Waals surface area contributed by atoms with Crippen molar-refractivity contribution in [3.8, 4) is 5.13 Å². The van der Waals surface area contributed by atoms with Crippen LogP contribution in [0.25, 0.3) is 16.2 Å². The van der Waals surface area contributed by atoms with E-state index in [1.54, 1.807) is 0 Å². The number of piperazine rings is 1. The van der Waals surface area contributed by atoms with Crippen LogP contribution in [0.3, 0.4) is 0 Å². The zero-order chi connectivity index (χ0) is 19.8. The summed E-state index contributed by atoms with van der Waals surface area (Å²) >= 11 is 1.46. The lowest BCUT2D eigenvalue weighted by molar-refractivity contribution is 0.0629. The molecule has 1 N–H and O–H groups in total. The van der Waals surface area contributed by atoms with Crippen LogP contribution in [0.15, 0.2) is 48.8 Å². The van der Waals surface area contributed by atoms with E-state index in [1.165, 1.54) is 11.3 Å². The third-order valence-electron chi connectivity index (χ3n) is 5.28. The van der Waals surface area contributed by atoms with Gasteiger partial charge < -0.3 is 14.5 Å². The molecule has 0 aliphatic carbocycles. The average Bonchev–Trinajstić information content (AvgIpc) is 3.47. The number of amides is 1. The number of aromatic nitrogens is 4. The fourth-order valence-corrected chi connectivity index (χ4v) is 4.70. The number of nitrogens with zero attached hydrogens (tertiary/aromatic N) is 5. The maximum absolute atomic E-state index is 13.0. The van der Waals surface area contributed by atoms with Crippen LogP contribution in [0.1, 0.15) is 21.2 Å². The Morgan fingerprint density at radius 1 is 1.07 bits per heavy atom. The van der Waals surface area contributed by atoms with Crippen molar-refractivity contribution in [2.24, 2.45) is 0 Å². The number of H-pyrrole nitrogens is 1. The number of fused-ring (bicyclic) bond motifs is 1. The molecule has 3 aromatic heterocycles. The number of aryl methyl sites for hydroxylation is 1. The van der Waals surface area contributed by atoms with Gasteiger partial charge in [0.1, 0.15) is 10.7 Å². The van der Waals surface area contributed by atoms with Crippen LogP contribution in [-0.2, 0) is 6.54 Å². The second kappa shape index (κ2) is 7.46. The van der Waals surface area contributed by atoms with E-state index in [-0.39, 0.29) is 5.91 Å². The van der Waals surface area contributed by atoms with Crippen LogP contribution in [0.2, 0.25) is 0 Å². The van der Waals surface area contributed by atoms with Gasteiger partial charge in [-0.2, -0.15) is 0 Å². The van der Waals surface area contributed by atoms with E-state index in [9.17, 15) is 4.79 Å². The van der Waals surface area contributed by atoms with Crippen molar-refractivity contribution in [3.63, 3.8) is 0 Å². The summed E-state index contributed by atoms with van der Waals surface area (Å²) in [6, 6.07) is 12.0. The predicted octanol–water partition coefficient (Wildman–Crippen LogP) is 3.08. The summed E-state index contributed by atoms with van der Waals surface area (Å²) in [7, 11) is 0. The SMILES string of the molecule is Cc1nc(-n2cccc2)sc1C(=O)N1CCN(Cc2nc3ccccc3[nH]2)CC1. The van der Waals surface area contributed by atoms with Crippen molar-refractivity contribution >= 4 is 28.3 Å². The molecule has 1 fully saturated rings. The van der Waals surface area contributed by atoms with E-state index in [0.717, 1.165) is 65.3 Å². The van der Waals surface area contributed by atoms with Gasteiger partial charge in [-0.15, -0.1) is 0 Å². The number of thiazole rings is 1. The minimum atomic E-state index is 0.0850. The number of rotatable bonds is 4. The van der Waals surface area contributed by atoms with Gasteiger partial charge in [0.05, 0.1) is 23.3 Å². The molecule has 0 atom stereocenters. The molecule has 7 nitrogen and oxygen atoms in total. The van der Waals surface area contributed by atoms with Crippen molar-refractivity contribution in [3.05, 3.63) is 65.2 Å². The molecule has 0 bridgehead atoms. The van der Waals surface area contributed by atoms with Gasteiger partial charge in [0, 0.05) is 38.6 Å². The number of para-hydroxylation sites is 2. The fourth-order valence-electron chi connectivity index (χ4n) is 3.70. The van der Waals surface area contributed by atoms with Crippen LogP contribution in [0.5, 0.6) is 0 Å². The molecule has 0 radical (unpaired) electrons. The van der Waals surface area contributed by atoms with Crippen molar-refractivity contribution < 1.29 is 4.79 Å². The maximum Gasteiger partial charge on any atom is 0.266 e. The minimum Gasteiger partial charge on any atom is -0.341 e. The zero-order valence-electron chi connectivity index (χ0n) is 16.2. The number of carbonyl (C=O) groups is 1. The molecule has 0 saturated carbocycles.